The molecule has 1 aliphatic rings. The number of ether oxygens (including phenoxy) is 1. The number of H-pyrrole nitrogens is 1. The molecule has 36 heavy (non-hydrogen) atoms. The van der Waals surface area contributed by atoms with Crippen LogP contribution in [0.2, 0.25) is 5.02 Å². The highest BCUT2D eigenvalue weighted by atomic mass is 35.5. The van der Waals surface area contributed by atoms with E-state index >= 15 is 0 Å². The lowest BCUT2D eigenvalue weighted by molar-refractivity contribution is -0.116. The van der Waals surface area contributed by atoms with Crippen LogP contribution in [0.3, 0.4) is 0 Å². The maximum atomic E-state index is 13.8. The van der Waals surface area contributed by atoms with Gasteiger partial charge in [0.2, 0.25) is 0 Å². The van der Waals surface area contributed by atoms with E-state index in [9.17, 15) is 14.4 Å². The standard InChI is InChI=1S/C27H31ClN4O4/c1-5-36-24-11-23-20(22(12-30-23)25(33)26(34)29-4)10-21(24)27(35)32-14-16(2)31(13-17(32)3)15-18-7-6-8-19(28)9-18/h6-12,16-17,30H,5,13-15H2,1-4H3,(H,29,34)/t16-,17+/m0/s1. The summed E-state index contributed by atoms with van der Waals surface area (Å²) in [6, 6.07) is 11.3. The van der Waals surface area contributed by atoms with Crippen molar-refractivity contribution in [1.29, 1.82) is 0 Å². The molecular weight excluding hydrogens is 480 g/mol. The number of hydrogen-bond donors (Lipinski definition) is 2. The van der Waals surface area contributed by atoms with Crippen LogP contribution in [0, 0.1) is 0 Å². The number of amides is 2. The van der Waals surface area contributed by atoms with Crippen LogP contribution < -0.4 is 10.1 Å². The van der Waals surface area contributed by atoms with Crippen LogP contribution in [0.25, 0.3) is 10.9 Å². The third kappa shape index (κ3) is 5.10. The molecule has 2 aromatic carbocycles. The highest BCUT2D eigenvalue weighted by molar-refractivity contribution is 6.45. The average Bonchev–Trinajstić information content (AvgIpc) is 3.27. The molecule has 0 radical (unpaired) electrons. The molecule has 190 valence electrons. The van der Waals surface area contributed by atoms with Crippen molar-refractivity contribution in [2.24, 2.45) is 0 Å². The van der Waals surface area contributed by atoms with Crippen molar-refractivity contribution < 1.29 is 19.1 Å². The molecular formula is C27H31ClN4O4. The molecule has 0 unspecified atom stereocenters. The van der Waals surface area contributed by atoms with Gasteiger partial charge in [0.25, 0.3) is 17.6 Å². The van der Waals surface area contributed by atoms with Gasteiger partial charge < -0.3 is 19.9 Å². The molecule has 1 aromatic heterocycles. The van der Waals surface area contributed by atoms with Crippen LogP contribution >= 0.6 is 11.6 Å². The summed E-state index contributed by atoms with van der Waals surface area (Å²) in [7, 11) is 1.41. The van der Waals surface area contributed by atoms with E-state index in [0.29, 0.717) is 46.9 Å². The molecule has 0 aliphatic carbocycles. The number of benzene rings is 2. The number of fused-ring (bicyclic) bond motifs is 1. The predicted octanol–water partition coefficient (Wildman–Crippen LogP) is 3.88. The number of aromatic amines is 1. The fourth-order valence-electron chi connectivity index (χ4n) is 4.74. The highest BCUT2D eigenvalue weighted by Crippen LogP contribution is 2.31. The van der Waals surface area contributed by atoms with Gasteiger partial charge in [-0.1, -0.05) is 23.7 Å². The van der Waals surface area contributed by atoms with Crippen molar-refractivity contribution in [2.45, 2.75) is 39.4 Å². The molecule has 4 rings (SSSR count). The van der Waals surface area contributed by atoms with Gasteiger partial charge in [-0.25, -0.2) is 0 Å². The molecule has 9 heteroatoms. The number of hydrogen-bond acceptors (Lipinski definition) is 5. The fourth-order valence-corrected chi connectivity index (χ4v) is 4.95. The number of Topliss-reactive ketones (excluding diaryl/α,β-unsaturated/α-hetero) is 1. The summed E-state index contributed by atoms with van der Waals surface area (Å²) >= 11 is 6.16. The fraction of sp³-hybridized carbons (Fsp3) is 0.370. The number of carbonyl (C=O) groups is 3. The second kappa shape index (κ2) is 10.7. The Bertz CT molecular complexity index is 1300. The number of aromatic nitrogens is 1. The summed E-state index contributed by atoms with van der Waals surface area (Å²) < 4.78 is 5.81. The number of piperazine rings is 1. The molecule has 0 spiro atoms. The second-order valence-corrected chi connectivity index (χ2v) is 9.59. The van der Waals surface area contributed by atoms with Crippen molar-refractivity contribution in [1.82, 2.24) is 20.1 Å². The van der Waals surface area contributed by atoms with Gasteiger partial charge in [-0.2, -0.15) is 0 Å². The third-order valence-corrected chi connectivity index (χ3v) is 6.88. The first-order valence-corrected chi connectivity index (χ1v) is 12.4. The van der Waals surface area contributed by atoms with Gasteiger partial charge in [0.15, 0.2) is 0 Å². The second-order valence-electron chi connectivity index (χ2n) is 9.15. The molecule has 2 N–H and O–H groups in total. The number of carbonyl (C=O) groups excluding carboxylic acids is 3. The normalized spacial score (nSPS) is 18.3. The van der Waals surface area contributed by atoms with Crippen molar-refractivity contribution in [2.75, 3.05) is 26.7 Å². The SMILES string of the molecule is CCOc1cc2[nH]cc(C(=O)C(=O)NC)c2cc1C(=O)N1C[C@H](C)N(Cc2cccc(Cl)c2)C[C@H]1C. The van der Waals surface area contributed by atoms with Gasteiger partial charge >= 0.3 is 0 Å². The molecule has 3 aromatic rings. The summed E-state index contributed by atoms with van der Waals surface area (Å²) in [5, 5.41) is 3.58. The Morgan fingerprint density at radius 2 is 1.89 bits per heavy atom. The zero-order chi connectivity index (χ0) is 26.0. The summed E-state index contributed by atoms with van der Waals surface area (Å²) in [6.45, 7) is 8.37. The van der Waals surface area contributed by atoms with E-state index in [-0.39, 0.29) is 23.6 Å². The molecule has 1 saturated heterocycles. The van der Waals surface area contributed by atoms with Gasteiger partial charge in [0.05, 0.1) is 17.7 Å². The number of nitrogens with one attached hydrogen (secondary N) is 2. The molecule has 1 fully saturated rings. The van der Waals surface area contributed by atoms with Crippen molar-refractivity contribution in [3.05, 3.63) is 64.3 Å². The lowest BCUT2D eigenvalue weighted by Crippen LogP contribution is -2.57. The lowest BCUT2D eigenvalue weighted by atomic mass is 10.0. The van der Waals surface area contributed by atoms with E-state index in [1.165, 1.54) is 13.2 Å². The highest BCUT2D eigenvalue weighted by Gasteiger charge is 2.34. The Labute approximate surface area is 215 Å². The molecule has 2 atom stereocenters. The zero-order valence-electron chi connectivity index (χ0n) is 20.9. The summed E-state index contributed by atoms with van der Waals surface area (Å²) in [5.41, 5.74) is 2.34. The number of nitrogens with zero attached hydrogens (tertiary/aromatic N) is 2. The van der Waals surface area contributed by atoms with Gasteiger partial charge in [0, 0.05) is 67.0 Å². The van der Waals surface area contributed by atoms with E-state index in [4.69, 9.17) is 16.3 Å². The van der Waals surface area contributed by atoms with Crippen molar-refractivity contribution in [3.8, 4) is 5.75 Å². The summed E-state index contributed by atoms with van der Waals surface area (Å²) in [4.78, 5) is 45.6. The Morgan fingerprint density at radius 1 is 1.11 bits per heavy atom. The first-order chi connectivity index (χ1) is 17.2. The number of likely N-dealkylation sites (N-methyl/N-ethyl adjacent to an activating group) is 1. The van der Waals surface area contributed by atoms with E-state index < -0.39 is 11.7 Å². The predicted molar refractivity (Wildman–Crippen MR) is 140 cm³/mol. The van der Waals surface area contributed by atoms with E-state index in [0.717, 1.165) is 12.1 Å². The van der Waals surface area contributed by atoms with Crippen LogP contribution in [0.1, 0.15) is 47.1 Å². The van der Waals surface area contributed by atoms with E-state index in [2.05, 4.69) is 28.2 Å². The summed E-state index contributed by atoms with van der Waals surface area (Å²) in [5.74, 6) is -1.10. The van der Waals surface area contributed by atoms with Crippen LogP contribution in [-0.2, 0) is 11.3 Å². The minimum Gasteiger partial charge on any atom is -0.493 e. The third-order valence-electron chi connectivity index (χ3n) is 6.64. The Morgan fingerprint density at radius 3 is 2.58 bits per heavy atom. The zero-order valence-corrected chi connectivity index (χ0v) is 21.7. The molecule has 2 amide bonds. The van der Waals surface area contributed by atoms with E-state index in [1.807, 2.05) is 36.9 Å². The van der Waals surface area contributed by atoms with Gasteiger partial charge in [0.1, 0.15) is 5.75 Å². The molecule has 8 nitrogen and oxygen atoms in total. The Balaban J connectivity index is 1.62. The van der Waals surface area contributed by atoms with Crippen molar-refractivity contribution >= 4 is 40.1 Å². The maximum Gasteiger partial charge on any atom is 0.292 e. The number of halogens is 1. The number of rotatable bonds is 7. The topological polar surface area (TPSA) is 94.7 Å². The Kier molecular flexibility index (Phi) is 7.66. The van der Waals surface area contributed by atoms with Gasteiger partial charge in [-0.05, 0) is 44.5 Å². The Hall–Kier alpha value is -3.36. The van der Waals surface area contributed by atoms with Gasteiger partial charge in [-0.15, -0.1) is 0 Å². The maximum absolute atomic E-state index is 13.8. The molecule has 1 aliphatic heterocycles. The first-order valence-electron chi connectivity index (χ1n) is 12.1. The summed E-state index contributed by atoms with van der Waals surface area (Å²) in [6.07, 6.45) is 1.49. The lowest BCUT2D eigenvalue weighted by Gasteiger charge is -2.44. The number of ketones is 1. The van der Waals surface area contributed by atoms with Gasteiger partial charge in [-0.3, -0.25) is 19.3 Å². The monoisotopic (exact) mass is 510 g/mol. The van der Waals surface area contributed by atoms with Crippen LogP contribution in [-0.4, -0.2) is 71.2 Å². The van der Waals surface area contributed by atoms with E-state index in [1.54, 1.807) is 12.1 Å². The minimum absolute atomic E-state index is 0.0451. The molecule has 0 saturated carbocycles. The van der Waals surface area contributed by atoms with Crippen LogP contribution in [0.15, 0.2) is 42.6 Å². The molecule has 0 bridgehead atoms. The van der Waals surface area contributed by atoms with Crippen LogP contribution in [0.4, 0.5) is 0 Å². The first kappa shape index (κ1) is 25.7. The quantitative estimate of drug-likeness (QED) is 0.371. The van der Waals surface area contributed by atoms with Crippen molar-refractivity contribution in [3.63, 3.8) is 0 Å². The minimum atomic E-state index is -0.712. The van der Waals surface area contributed by atoms with Crippen LogP contribution in [0.5, 0.6) is 5.75 Å². The smallest absolute Gasteiger partial charge is 0.292 e. The largest absolute Gasteiger partial charge is 0.493 e. The molecule has 2 heterocycles. The average molecular weight is 511 g/mol.